The van der Waals surface area contributed by atoms with Gasteiger partial charge < -0.3 is 14.8 Å². The molecule has 1 N–H and O–H groups in total. The van der Waals surface area contributed by atoms with E-state index in [4.69, 9.17) is 0 Å². The molecule has 0 fully saturated rings. The molecule has 4 heterocycles. The van der Waals surface area contributed by atoms with Gasteiger partial charge in [-0.05, 0) is 55.2 Å². The van der Waals surface area contributed by atoms with Gasteiger partial charge in [0.15, 0.2) is 17.2 Å². The molecule has 43 heavy (non-hydrogen) atoms. The fourth-order valence-electron chi connectivity index (χ4n) is 5.77. The van der Waals surface area contributed by atoms with E-state index < -0.39 is 36.0 Å². The minimum Gasteiger partial charge on any atom is -0.395 e. The smallest absolute Gasteiger partial charge is 0.395 e. The predicted molar refractivity (Wildman–Crippen MR) is 139 cm³/mol. The number of pyridine rings is 1. The predicted octanol–water partition coefficient (Wildman–Crippen LogP) is 5.89. The Hall–Kier alpha value is -5.01. The van der Waals surface area contributed by atoms with Crippen LogP contribution in [0.4, 0.5) is 27.8 Å². The number of fused-ring (bicyclic) bond motifs is 3. The van der Waals surface area contributed by atoms with E-state index in [-0.39, 0.29) is 64.8 Å². The van der Waals surface area contributed by atoms with Gasteiger partial charge in [0.1, 0.15) is 5.82 Å². The molecule has 2 aromatic carbocycles. The molecule has 1 aliphatic carbocycles. The van der Waals surface area contributed by atoms with E-state index >= 15 is 0 Å². The number of nitrogens with one attached hydrogen (secondary N) is 1. The average Bonchev–Trinajstić information content (AvgIpc) is 3.60. The van der Waals surface area contributed by atoms with E-state index in [1.807, 2.05) is 0 Å². The summed E-state index contributed by atoms with van der Waals surface area (Å²) in [5, 5.41) is 6.97. The van der Waals surface area contributed by atoms with E-state index in [9.17, 15) is 31.5 Å². The number of hydrogen-bond donors (Lipinski definition) is 1. The van der Waals surface area contributed by atoms with E-state index in [0.717, 1.165) is 9.58 Å². The Morgan fingerprint density at radius 2 is 1.70 bits per heavy atom. The second kappa shape index (κ2) is 9.51. The molecule has 1 atom stereocenters. The summed E-state index contributed by atoms with van der Waals surface area (Å²) in [5.41, 5.74) is 0.138. The van der Waals surface area contributed by atoms with Crippen LogP contribution in [0.25, 0.3) is 5.69 Å². The van der Waals surface area contributed by atoms with Gasteiger partial charge in [-0.25, -0.2) is 9.67 Å². The minimum atomic E-state index is -4.77. The molecule has 2 aliphatic heterocycles. The number of rotatable bonds is 5. The third-order valence-electron chi connectivity index (χ3n) is 7.58. The molecule has 1 unspecified atom stereocenters. The van der Waals surface area contributed by atoms with Crippen molar-refractivity contribution in [1.29, 1.82) is 0 Å². The van der Waals surface area contributed by atoms with Crippen LogP contribution in [-0.4, -0.2) is 37.8 Å². The van der Waals surface area contributed by atoms with Crippen molar-refractivity contribution < 1.29 is 41.0 Å². The number of ether oxygens (including phenoxy) is 2. The van der Waals surface area contributed by atoms with Gasteiger partial charge in [-0.1, -0.05) is 18.2 Å². The maximum absolute atomic E-state index is 14.2. The Labute approximate surface area is 239 Å². The number of aromatic nitrogens is 3. The molecule has 9 nitrogen and oxygen atoms in total. The lowest BCUT2D eigenvalue weighted by Crippen LogP contribution is -2.37. The third kappa shape index (κ3) is 4.53. The summed E-state index contributed by atoms with van der Waals surface area (Å²) in [6.07, 6.45) is -6.50. The summed E-state index contributed by atoms with van der Waals surface area (Å²) in [6, 6.07) is 12.5. The number of benzene rings is 2. The number of hydrogen-bond acceptors (Lipinski definition) is 7. The number of carbonyl (C=O) groups is 2. The largest absolute Gasteiger partial charge is 0.586 e. The Morgan fingerprint density at radius 3 is 2.42 bits per heavy atom. The first-order chi connectivity index (χ1) is 20.5. The molecule has 0 saturated carbocycles. The van der Waals surface area contributed by atoms with Crippen LogP contribution in [0, 0.1) is 0 Å². The van der Waals surface area contributed by atoms with Crippen molar-refractivity contribution in [2.75, 3.05) is 5.32 Å². The van der Waals surface area contributed by atoms with Crippen LogP contribution in [0.3, 0.4) is 0 Å². The van der Waals surface area contributed by atoms with E-state index in [1.54, 1.807) is 18.2 Å². The normalized spacial score (nSPS) is 18.5. The molecule has 220 valence electrons. The second-order valence-electron chi connectivity index (χ2n) is 10.3. The molecular weight excluding hydrogens is 577 g/mol. The first kappa shape index (κ1) is 26.9. The highest BCUT2D eigenvalue weighted by Gasteiger charge is 2.47. The van der Waals surface area contributed by atoms with Gasteiger partial charge in [0.05, 0.1) is 28.6 Å². The lowest BCUT2D eigenvalue weighted by molar-refractivity contribution is -0.286. The first-order valence-electron chi connectivity index (χ1n) is 13.3. The zero-order valence-corrected chi connectivity index (χ0v) is 22.0. The van der Waals surface area contributed by atoms with E-state index in [2.05, 4.69) is 24.9 Å². The van der Waals surface area contributed by atoms with E-state index in [1.165, 1.54) is 42.6 Å². The maximum Gasteiger partial charge on any atom is 0.586 e. The molecule has 14 heteroatoms. The first-order valence-corrected chi connectivity index (χ1v) is 13.3. The van der Waals surface area contributed by atoms with Gasteiger partial charge >= 0.3 is 12.5 Å². The summed E-state index contributed by atoms with van der Waals surface area (Å²) in [6.45, 7) is 0.112. The molecule has 0 spiro atoms. The Bertz CT molecular complexity index is 1770. The summed E-state index contributed by atoms with van der Waals surface area (Å²) < 4.78 is 79.3. The molecule has 7 rings (SSSR count). The van der Waals surface area contributed by atoms with Gasteiger partial charge in [0.25, 0.3) is 11.8 Å². The number of imide groups is 1. The zero-order valence-electron chi connectivity index (χ0n) is 22.0. The minimum absolute atomic E-state index is 0.0659. The number of alkyl halides is 5. The number of amides is 2. The van der Waals surface area contributed by atoms with Crippen LogP contribution in [0.2, 0.25) is 0 Å². The van der Waals surface area contributed by atoms with Crippen molar-refractivity contribution in [3.05, 3.63) is 94.4 Å². The van der Waals surface area contributed by atoms with Crippen molar-refractivity contribution in [3.63, 3.8) is 0 Å². The zero-order chi connectivity index (χ0) is 30.1. The molecule has 3 aliphatic rings. The van der Waals surface area contributed by atoms with Crippen LogP contribution in [0.1, 0.15) is 62.1 Å². The molecule has 0 bridgehead atoms. The molecule has 0 radical (unpaired) electrons. The van der Waals surface area contributed by atoms with Gasteiger partial charge in [-0.2, -0.15) is 18.3 Å². The van der Waals surface area contributed by atoms with Gasteiger partial charge in [-0.15, -0.1) is 8.78 Å². The Morgan fingerprint density at radius 1 is 0.977 bits per heavy atom. The quantitative estimate of drug-likeness (QED) is 0.226. The number of halogens is 5. The summed E-state index contributed by atoms with van der Waals surface area (Å²) >= 11 is 0. The Balaban J connectivity index is 1.23. The van der Waals surface area contributed by atoms with Crippen LogP contribution in [0.5, 0.6) is 11.5 Å². The van der Waals surface area contributed by atoms with Crippen molar-refractivity contribution in [1.82, 2.24) is 19.7 Å². The standard InChI is InChI=1S/C29H20F5N5O4/c30-28(31,32)25-19-6-3-7-20(38-26(40)17-4-1-2-5-18(17)27(38)41)24(19)39(37-25)16-10-11-35-23(13-16)36-14-15-8-9-21-22(12-15)43-29(33,34)42-21/h1-2,4-5,8-13,20H,3,6-7,14H2,(H,35,36). The molecule has 2 aromatic heterocycles. The lowest BCUT2D eigenvalue weighted by Gasteiger charge is -2.31. The van der Waals surface area contributed by atoms with Gasteiger partial charge in [-0.3, -0.25) is 14.5 Å². The fourth-order valence-corrected chi connectivity index (χ4v) is 5.77. The Kier molecular flexibility index (Phi) is 5.94. The van der Waals surface area contributed by atoms with Crippen molar-refractivity contribution in [2.24, 2.45) is 0 Å². The molecular formula is C29H20F5N5O4. The topological polar surface area (TPSA) is 98.6 Å². The third-order valence-corrected chi connectivity index (χ3v) is 7.58. The molecule has 2 amide bonds. The monoisotopic (exact) mass is 597 g/mol. The van der Waals surface area contributed by atoms with Crippen molar-refractivity contribution in [3.8, 4) is 17.2 Å². The van der Waals surface area contributed by atoms with Crippen LogP contribution < -0.4 is 14.8 Å². The van der Waals surface area contributed by atoms with Gasteiger partial charge in [0.2, 0.25) is 0 Å². The lowest BCUT2D eigenvalue weighted by atomic mass is 9.90. The number of carbonyl (C=O) groups excluding carboxylic acids is 2. The molecule has 0 saturated heterocycles. The van der Waals surface area contributed by atoms with Crippen LogP contribution >= 0.6 is 0 Å². The van der Waals surface area contributed by atoms with Crippen molar-refractivity contribution in [2.45, 2.75) is 44.3 Å². The SMILES string of the molecule is O=C1c2ccccc2C(=O)N1C1CCCc2c(C(F)(F)F)nn(-c3ccnc(NCc4ccc5c(c4)OC(F)(F)O5)c3)c21. The van der Waals surface area contributed by atoms with Crippen LogP contribution in [-0.2, 0) is 19.1 Å². The fraction of sp³-hybridized carbons (Fsp3) is 0.241. The second-order valence-corrected chi connectivity index (χ2v) is 10.3. The highest BCUT2D eigenvalue weighted by Crippen LogP contribution is 2.45. The number of nitrogens with zero attached hydrogens (tertiary/aromatic N) is 4. The highest BCUT2D eigenvalue weighted by molar-refractivity contribution is 6.21. The number of anilines is 1. The van der Waals surface area contributed by atoms with Crippen LogP contribution in [0.15, 0.2) is 60.8 Å². The maximum atomic E-state index is 14.2. The molecule has 4 aromatic rings. The van der Waals surface area contributed by atoms with E-state index in [0.29, 0.717) is 12.0 Å². The summed E-state index contributed by atoms with van der Waals surface area (Å²) in [5.74, 6) is -1.12. The van der Waals surface area contributed by atoms with Gasteiger partial charge in [0, 0.05) is 24.4 Å². The average molecular weight is 598 g/mol. The highest BCUT2D eigenvalue weighted by atomic mass is 19.4. The summed E-state index contributed by atoms with van der Waals surface area (Å²) in [7, 11) is 0. The summed E-state index contributed by atoms with van der Waals surface area (Å²) in [4.78, 5) is 31.9. The van der Waals surface area contributed by atoms with Crippen molar-refractivity contribution >= 4 is 17.6 Å².